The molecule has 1 saturated heterocycles. The van der Waals surface area contributed by atoms with E-state index < -0.39 is 0 Å². The molecule has 3 heteroatoms. The maximum Gasteiger partial charge on any atom is 0.324 e. The molecule has 1 aliphatic rings. The molecule has 0 amide bonds. The summed E-state index contributed by atoms with van der Waals surface area (Å²) >= 11 is 0. The highest BCUT2D eigenvalue weighted by Gasteiger charge is 2.38. The van der Waals surface area contributed by atoms with Gasteiger partial charge in [0, 0.05) is 0 Å². The zero-order chi connectivity index (χ0) is 19.2. The average molecular weight is 369 g/mol. The van der Waals surface area contributed by atoms with Gasteiger partial charge in [0.2, 0.25) is 0 Å². The number of morpholine rings is 1. The summed E-state index contributed by atoms with van der Waals surface area (Å²) in [4.78, 5) is 12.7. The molecule has 4 rings (SSSR count). The molecule has 1 aliphatic heterocycles. The molecular formula is C25H23NO2. The van der Waals surface area contributed by atoms with Gasteiger partial charge in [-0.2, -0.15) is 0 Å². The molecule has 0 bridgehead atoms. The SMILES string of the molecule is O=C1O[C@H](c2ccccc2)[C@H](c2ccccc2)N[C@@H]1CC=Cc1ccccc1. The van der Waals surface area contributed by atoms with Crippen LogP contribution in [0.3, 0.4) is 0 Å². The monoisotopic (exact) mass is 369 g/mol. The van der Waals surface area contributed by atoms with E-state index in [1.54, 1.807) is 0 Å². The Morgan fingerprint density at radius 1 is 0.786 bits per heavy atom. The average Bonchev–Trinajstić information content (AvgIpc) is 2.76. The van der Waals surface area contributed by atoms with Gasteiger partial charge in [0.1, 0.15) is 12.1 Å². The van der Waals surface area contributed by atoms with Crippen LogP contribution in [0.25, 0.3) is 6.08 Å². The van der Waals surface area contributed by atoms with Gasteiger partial charge in [-0.1, -0.05) is 103 Å². The Balaban J connectivity index is 1.55. The van der Waals surface area contributed by atoms with Crippen LogP contribution in [-0.2, 0) is 9.53 Å². The number of esters is 1. The number of hydrogen-bond donors (Lipinski definition) is 1. The maximum atomic E-state index is 12.7. The highest BCUT2D eigenvalue weighted by molar-refractivity contribution is 5.77. The van der Waals surface area contributed by atoms with Crippen LogP contribution in [0.4, 0.5) is 0 Å². The van der Waals surface area contributed by atoms with E-state index in [0.29, 0.717) is 6.42 Å². The first-order valence-electron chi connectivity index (χ1n) is 9.59. The van der Waals surface area contributed by atoms with Gasteiger partial charge in [-0.3, -0.25) is 10.1 Å². The molecule has 3 aromatic carbocycles. The first kappa shape index (κ1) is 18.2. The van der Waals surface area contributed by atoms with E-state index >= 15 is 0 Å². The van der Waals surface area contributed by atoms with Crippen LogP contribution >= 0.6 is 0 Å². The molecule has 0 spiro atoms. The first-order chi connectivity index (χ1) is 13.8. The summed E-state index contributed by atoms with van der Waals surface area (Å²) in [6.07, 6.45) is 4.30. The fourth-order valence-electron chi connectivity index (χ4n) is 3.55. The highest BCUT2D eigenvalue weighted by Crippen LogP contribution is 2.36. The lowest BCUT2D eigenvalue weighted by Crippen LogP contribution is -2.48. The van der Waals surface area contributed by atoms with Gasteiger partial charge in [-0.15, -0.1) is 0 Å². The lowest BCUT2D eigenvalue weighted by Gasteiger charge is -2.37. The minimum atomic E-state index is -0.370. The summed E-state index contributed by atoms with van der Waals surface area (Å²) in [5.41, 5.74) is 3.23. The minimum absolute atomic E-state index is 0.0866. The van der Waals surface area contributed by atoms with Crippen molar-refractivity contribution in [2.45, 2.75) is 24.6 Å². The van der Waals surface area contributed by atoms with E-state index in [9.17, 15) is 4.79 Å². The molecule has 0 radical (unpaired) electrons. The lowest BCUT2D eigenvalue weighted by molar-refractivity contribution is -0.160. The van der Waals surface area contributed by atoms with Crippen LogP contribution in [0, 0.1) is 0 Å². The predicted molar refractivity (Wildman–Crippen MR) is 111 cm³/mol. The summed E-state index contributed by atoms with van der Waals surface area (Å²) in [5, 5.41) is 3.53. The molecule has 3 nitrogen and oxygen atoms in total. The zero-order valence-corrected chi connectivity index (χ0v) is 15.6. The molecule has 0 saturated carbocycles. The standard InChI is InChI=1S/C25H23NO2/c27-25-22(18-10-13-19-11-4-1-5-12-19)26-23(20-14-6-2-7-15-20)24(28-25)21-16-8-3-9-17-21/h1-17,22-24,26H,18H2/t22-,23+,24-/m1/s1. The number of nitrogens with one attached hydrogen (secondary N) is 1. The second-order valence-electron chi connectivity index (χ2n) is 6.92. The summed E-state index contributed by atoms with van der Waals surface area (Å²) in [7, 11) is 0. The third kappa shape index (κ3) is 4.21. The Morgan fingerprint density at radius 2 is 1.36 bits per heavy atom. The van der Waals surface area contributed by atoms with E-state index in [4.69, 9.17) is 4.74 Å². The van der Waals surface area contributed by atoms with Gasteiger partial charge >= 0.3 is 5.97 Å². The van der Waals surface area contributed by atoms with Crippen LogP contribution in [-0.4, -0.2) is 12.0 Å². The van der Waals surface area contributed by atoms with Crippen molar-refractivity contribution in [2.75, 3.05) is 0 Å². The molecule has 1 N–H and O–H groups in total. The minimum Gasteiger partial charge on any atom is -0.454 e. The summed E-state index contributed by atoms with van der Waals surface area (Å²) in [5.74, 6) is -0.209. The van der Waals surface area contributed by atoms with E-state index in [0.717, 1.165) is 16.7 Å². The molecule has 0 aliphatic carbocycles. The smallest absolute Gasteiger partial charge is 0.324 e. The van der Waals surface area contributed by atoms with Gasteiger partial charge in [0.05, 0.1) is 6.04 Å². The topological polar surface area (TPSA) is 38.3 Å². The zero-order valence-electron chi connectivity index (χ0n) is 15.6. The van der Waals surface area contributed by atoms with Gasteiger partial charge in [-0.05, 0) is 23.1 Å². The van der Waals surface area contributed by atoms with E-state index in [1.165, 1.54) is 0 Å². The van der Waals surface area contributed by atoms with Crippen molar-refractivity contribution in [2.24, 2.45) is 0 Å². The number of cyclic esters (lactones) is 1. The van der Waals surface area contributed by atoms with Crippen LogP contribution < -0.4 is 5.32 Å². The summed E-state index contributed by atoms with van der Waals surface area (Å²) in [6.45, 7) is 0. The van der Waals surface area contributed by atoms with E-state index in [-0.39, 0.29) is 24.2 Å². The fourth-order valence-corrected chi connectivity index (χ4v) is 3.55. The molecule has 28 heavy (non-hydrogen) atoms. The lowest BCUT2D eigenvalue weighted by atomic mass is 9.92. The summed E-state index contributed by atoms with van der Waals surface area (Å²) in [6, 6.07) is 29.7. The number of ether oxygens (including phenoxy) is 1. The Bertz CT molecular complexity index is 923. The van der Waals surface area contributed by atoms with Crippen molar-refractivity contribution in [1.82, 2.24) is 5.32 Å². The van der Waals surface area contributed by atoms with Crippen LogP contribution in [0.15, 0.2) is 97.1 Å². The predicted octanol–water partition coefficient (Wildman–Crippen LogP) is 5.09. The quantitative estimate of drug-likeness (QED) is 0.637. The molecule has 140 valence electrons. The second kappa shape index (κ2) is 8.68. The van der Waals surface area contributed by atoms with Crippen molar-refractivity contribution in [3.8, 4) is 0 Å². The third-order valence-electron chi connectivity index (χ3n) is 4.98. The van der Waals surface area contributed by atoms with E-state index in [2.05, 4.69) is 17.4 Å². The third-order valence-corrected chi connectivity index (χ3v) is 4.98. The molecule has 3 aromatic rings. The van der Waals surface area contributed by atoms with Crippen molar-refractivity contribution >= 4 is 12.0 Å². The van der Waals surface area contributed by atoms with Gasteiger partial charge in [-0.25, -0.2) is 0 Å². The van der Waals surface area contributed by atoms with Gasteiger partial charge < -0.3 is 4.74 Å². The van der Waals surface area contributed by atoms with Crippen molar-refractivity contribution in [3.05, 3.63) is 114 Å². The van der Waals surface area contributed by atoms with Crippen molar-refractivity contribution in [1.29, 1.82) is 0 Å². The largest absolute Gasteiger partial charge is 0.454 e. The molecule has 0 aromatic heterocycles. The molecule has 1 heterocycles. The number of carbonyl (C=O) groups excluding carboxylic acids is 1. The van der Waals surface area contributed by atoms with Gasteiger partial charge in [0.15, 0.2) is 0 Å². The fraction of sp³-hybridized carbons (Fsp3) is 0.160. The van der Waals surface area contributed by atoms with E-state index in [1.807, 2.05) is 91.0 Å². The Hall–Kier alpha value is -3.17. The Morgan fingerprint density at radius 3 is 2.00 bits per heavy atom. The summed E-state index contributed by atoms with van der Waals surface area (Å²) < 4.78 is 5.92. The number of carbonyl (C=O) groups is 1. The van der Waals surface area contributed by atoms with Crippen LogP contribution in [0.2, 0.25) is 0 Å². The molecular weight excluding hydrogens is 346 g/mol. The van der Waals surface area contributed by atoms with Crippen LogP contribution in [0.5, 0.6) is 0 Å². The first-order valence-corrected chi connectivity index (χ1v) is 9.59. The molecule has 3 atom stereocenters. The number of benzene rings is 3. The van der Waals surface area contributed by atoms with Crippen molar-refractivity contribution in [3.63, 3.8) is 0 Å². The Labute approximate surface area is 165 Å². The molecule has 0 unspecified atom stereocenters. The second-order valence-corrected chi connectivity index (χ2v) is 6.92. The Kier molecular flexibility index (Phi) is 5.64. The van der Waals surface area contributed by atoms with Crippen molar-refractivity contribution < 1.29 is 9.53 Å². The van der Waals surface area contributed by atoms with Gasteiger partial charge in [0.25, 0.3) is 0 Å². The van der Waals surface area contributed by atoms with Crippen LogP contribution in [0.1, 0.15) is 35.3 Å². The maximum absolute atomic E-state index is 12.7. The highest BCUT2D eigenvalue weighted by atomic mass is 16.5. The normalized spacial score (nSPS) is 22.1. The number of hydrogen-bond acceptors (Lipinski definition) is 3. The molecule has 1 fully saturated rings. The number of rotatable bonds is 5.